The maximum Gasteiger partial charge on any atom is 0.410 e. The van der Waals surface area contributed by atoms with Crippen LogP contribution in [0.4, 0.5) is 4.79 Å². The molecule has 41 heavy (non-hydrogen) atoms. The summed E-state index contributed by atoms with van der Waals surface area (Å²) in [5, 5.41) is 5.34. The number of rotatable bonds is 6. The van der Waals surface area contributed by atoms with E-state index in [1.54, 1.807) is 11.1 Å². The minimum Gasteiger partial charge on any atom is -0.445 e. The Hall–Kier alpha value is -4.10. The van der Waals surface area contributed by atoms with Crippen LogP contribution in [0.5, 0.6) is 0 Å². The molecule has 210 valence electrons. The fourth-order valence-electron chi connectivity index (χ4n) is 5.96. The number of hydrogen-bond donors (Lipinski definition) is 0. The van der Waals surface area contributed by atoms with Crippen LogP contribution < -0.4 is 0 Å². The molecule has 2 fully saturated rings. The molecule has 6 rings (SSSR count). The highest BCUT2D eigenvalue weighted by atomic mass is 35.5. The minimum atomic E-state index is -0.307. The van der Waals surface area contributed by atoms with Crippen LogP contribution in [0.25, 0.3) is 5.69 Å². The molecular formula is C33H33ClN4O3. The van der Waals surface area contributed by atoms with Crippen LogP contribution in [0.15, 0.2) is 91.1 Å². The number of nitrogens with zero attached hydrogens (tertiary/aromatic N) is 4. The third-order valence-corrected chi connectivity index (χ3v) is 8.45. The van der Waals surface area contributed by atoms with Gasteiger partial charge in [0.25, 0.3) is 5.91 Å². The molecule has 4 aromatic rings. The average molecular weight is 569 g/mol. The monoisotopic (exact) mass is 568 g/mol. The van der Waals surface area contributed by atoms with E-state index in [1.807, 2.05) is 70.2 Å². The number of benzene rings is 3. The summed E-state index contributed by atoms with van der Waals surface area (Å²) < 4.78 is 7.45. The Morgan fingerprint density at radius 3 is 2.15 bits per heavy atom. The molecule has 0 radical (unpaired) electrons. The summed E-state index contributed by atoms with van der Waals surface area (Å²) in [6, 6.07) is 27.6. The van der Waals surface area contributed by atoms with E-state index in [-0.39, 0.29) is 24.5 Å². The molecule has 0 N–H and O–H groups in total. The van der Waals surface area contributed by atoms with Gasteiger partial charge in [-0.2, -0.15) is 5.10 Å². The van der Waals surface area contributed by atoms with Crippen molar-refractivity contribution in [2.45, 2.75) is 37.7 Å². The number of likely N-dealkylation sites (tertiary alicyclic amines) is 2. The van der Waals surface area contributed by atoms with Crippen molar-refractivity contribution >= 4 is 23.6 Å². The van der Waals surface area contributed by atoms with E-state index in [1.165, 1.54) is 5.56 Å². The Morgan fingerprint density at radius 2 is 1.44 bits per heavy atom. The Morgan fingerprint density at radius 1 is 0.805 bits per heavy atom. The SMILES string of the molecule is O=C(OCc1ccccc1)N1CCC(c2c(C(=O)N3CCC(c4ccccc4)C3)cnn2-c2ccc(Cl)cc2)CC1. The van der Waals surface area contributed by atoms with Crippen molar-refractivity contribution in [3.8, 4) is 5.69 Å². The number of halogens is 1. The van der Waals surface area contributed by atoms with E-state index in [0.717, 1.165) is 29.9 Å². The third kappa shape index (κ3) is 6.00. The van der Waals surface area contributed by atoms with Gasteiger partial charge >= 0.3 is 6.09 Å². The molecule has 2 amide bonds. The van der Waals surface area contributed by atoms with Crippen molar-refractivity contribution in [3.63, 3.8) is 0 Å². The highest BCUT2D eigenvalue weighted by molar-refractivity contribution is 6.30. The number of hydrogen-bond acceptors (Lipinski definition) is 4. The second-order valence-corrected chi connectivity index (χ2v) is 11.2. The van der Waals surface area contributed by atoms with Gasteiger partial charge in [-0.1, -0.05) is 72.3 Å². The van der Waals surface area contributed by atoms with Crippen molar-refractivity contribution in [1.29, 1.82) is 0 Å². The summed E-state index contributed by atoms with van der Waals surface area (Å²) in [5.41, 5.74) is 4.63. The first kappa shape index (κ1) is 27.1. The zero-order valence-electron chi connectivity index (χ0n) is 22.9. The van der Waals surface area contributed by atoms with Gasteiger partial charge in [0.15, 0.2) is 0 Å². The summed E-state index contributed by atoms with van der Waals surface area (Å²) in [4.78, 5) is 30.5. The first-order chi connectivity index (χ1) is 20.1. The van der Waals surface area contributed by atoms with Crippen LogP contribution in [0.1, 0.15) is 58.3 Å². The Balaban J connectivity index is 1.19. The molecular weight excluding hydrogens is 536 g/mol. The van der Waals surface area contributed by atoms with Gasteiger partial charge in [0.05, 0.1) is 23.1 Å². The second kappa shape index (κ2) is 12.2. The molecule has 0 spiro atoms. The van der Waals surface area contributed by atoms with Crippen LogP contribution in [-0.4, -0.2) is 57.8 Å². The summed E-state index contributed by atoms with van der Waals surface area (Å²) in [5.74, 6) is 0.418. The summed E-state index contributed by atoms with van der Waals surface area (Å²) in [6.07, 6.45) is 3.78. The fourth-order valence-corrected chi connectivity index (χ4v) is 6.09. The second-order valence-electron chi connectivity index (χ2n) is 10.8. The van der Waals surface area contributed by atoms with Gasteiger partial charge in [0.1, 0.15) is 6.61 Å². The zero-order valence-corrected chi connectivity index (χ0v) is 23.6. The Bertz CT molecular complexity index is 1480. The van der Waals surface area contributed by atoms with Crippen LogP contribution in [0, 0.1) is 0 Å². The van der Waals surface area contributed by atoms with Crippen LogP contribution in [0.2, 0.25) is 5.02 Å². The quantitative estimate of drug-likeness (QED) is 0.260. The first-order valence-electron chi connectivity index (χ1n) is 14.2. The van der Waals surface area contributed by atoms with Gasteiger partial charge in [-0.25, -0.2) is 9.48 Å². The lowest BCUT2D eigenvalue weighted by Gasteiger charge is -2.32. The molecule has 1 aromatic heterocycles. The lowest BCUT2D eigenvalue weighted by atomic mass is 9.90. The van der Waals surface area contributed by atoms with Crippen molar-refractivity contribution in [2.75, 3.05) is 26.2 Å². The largest absolute Gasteiger partial charge is 0.445 e. The maximum atomic E-state index is 13.9. The molecule has 0 saturated carbocycles. The predicted molar refractivity (Wildman–Crippen MR) is 158 cm³/mol. The van der Waals surface area contributed by atoms with Gasteiger partial charge in [-0.3, -0.25) is 4.79 Å². The highest BCUT2D eigenvalue weighted by Gasteiger charge is 2.34. The van der Waals surface area contributed by atoms with E-state index in [0.29, 0.717) is 49.0 Å². The standard InChI is InChI=1S/C33H33ClN4O3/c34-28-11-13-29(14-12-28)38-31(26-15-18-36(19-16-26)33(40)41-23-24-7-3-1-4-8-24)30(21-35-38)32(39)37-20-17-27(22-37)25-9-5-2-6-10-25/h1-14,21,26-27H,15-20,22-23H2. The van der Waals surface area contributed by atoms with Crippen molar-refractivity contribution in [2.24, 2.45) is 0 Å². The highest BCUT2D eigenvalue weighted by Crippen LogP contribution is 2.35. The molecule has 0 aliphatic carbocycles. The van der Waals surface area contributed by atoms with E-state index in [9.17, 15) is 9.59 Å². The first-order valence-corrected chi connectivity index (χ1v) is 14.6. The normalized spacial score (nSPS) is 17.5. The molecule has 0 bridgehead atoms. The molecule has 2 aliphatic heterocycles. The van der Waals surface area contributed by atoms with Crippen molar-refractivity contribution < 1.29 is 14.3 Å². The third-order valence-electron chi connectivity index (χ3n) is 8.20. The smallest absolute Gasteiger partial charge is 0.410 e. The maximum absolute atomic E-state index is 13.9. The Kier molecular flexibility index (Phi) is 8.05. The lowest BCUT2D eigenvalue weighted by molar-refractivity contribution is 0.0781. The van der Waals surface area contributed by atoms with Gasteiger partial charge in [0.2, 0.25) is 0 Å². The van der Waals surface area contributed by atoms with Gasteiger partial charge in [-0.05, 0) is 54.7 Å². The predicted octanol–water partition coefficient (Wildman–Crippen LogP) is 6.67. The summed E-state index contributed by atoms with van der Waals surface area (Å²) in [6.45, 7) is 2.77. The topological polar surface area (TPSA) is 67.7 Å². The van der Waals surface area contributed by atoms with Crippen molar-refractivity contribution in [1.82, 2.24) is 19.6 Å². The number of aromatic nitrogens is 2. The number of carbonyl (C=O) groups is 2. The van der Waals surface area contributed by atoms with E-state index in [4.69, 9.17) is 21.4 Å². The van der Waals surface area contributed by atoms with Crippen LogP contribution in [0.3, 0.4) is 0 Å². The zero-order chi connectivity index (χ0) is 28.2. The number of ether oxygens (including phenoxy) is 1. The molecule has 8 heteroatoms. The number of amides is 2. The summed E-state index contributed by atoms with van der Waals surface area (Å²) in [7, 11) is 0. The van der Waals surface area contributed by atoms with E-state index < -0.39 is 0 Å². The molecule has 1 atom stereocenters. The molecule has 7 nitrogen and oxygen atoms in total. The molecule has 3 aromatic carbocycles. The molecule has 2 saturated heterocycles. The lowest BCUT2D eigenvalue weighted by Crippen LogP contribution is -2.39. The van der Waals surface area contributed by atoms with Crippen LogP contribution in [-0.2, 0) is 11.3 Å². The van der Waals surface area contributed by atoms with Gasteiger partial charge in [-0.15, -0.1) is 0 Å². The minimum absolute atomic E-state index is 0.0170. The average Bonchev–Trinajstić information content (AvgIpc) is 3.70. The summed E-state index contributed by atoms with van der Waals surface area (Å²) >= 11 is 6.16. The Labute approximate surface area is 245 Å². The number of carbonyl (C=O) groups excluding carboxylic acids is 2. The van der Waals surface area contributed by atoms with Crippen LogP contribution >= 0.6 is 11.6 Å². The molecule has 2 aliphatic rings. The van der Waals surface area contributed by atoms with Gasteiger partial charge < -0.3 is 14.5 Å². The fraction of sp³-hybridized carbons (Fsp3) is 0.303. The van der Waals surface area contributed by atoms with Gasteiger partial charge in [0, 0.05) is 43.0 Å². The van der Waals surface area contributed by atoms with E-state index >= 15 is 0 Å². The van der Waals surface area contributed by atoms with Crippen molar-refractivity contribution in [3.05, 3.63) is 119 Å². The molecule has 3 heterocycles. The van der Waals surface area contributed by atoms with E-state index in [2.05, 4.69) is 24.3 Å². The number of piperidine rings is 1. The molecule has 1 unspecified atom stereocenters.